The number of carbonyl (C=O) groups is 11. The largest absolute Gasteiger partial charge is 0.508 e. The van der Waals surface area contributed by atoms with Crippen LogP contribution in [0.1, 0.15) is 47.6 Å². The lowest BCUT2D eigenvalue weighted by Gasteiger charge is -2.28. The Kier molecular flexibility index (Phi) is 25.9. The predicted molar refractivity (Wildman–Crippen MR) is 312 cm³/mol. The van der Waals surface area contributed by atoms with Gasteiger partial charge in [-0.25, -0.2) is 4.79 Å². The molecule has 0 fully saturated rings. The summed E-state index contributed by atoms with van der Waals surface area (Å²) < 4.78 is 0. The first-order valence-corrected chi connectivity index (χ1v) is 27.5. The molecule has 0 saturated carbocycles. The summed E-state index contributed by atoms with van der Waals surface area (Å²) in [5.74, 6) is -15.0. The molecule has 5 aromatic rings. The van der Waals surface area contributed by atoms with E-state index in [0.29, 0.717) is 22.3 Å². The van der Waals surface area contributed by atoms with E-state index in [9.17, 15) is 98.7 Å². The van der Waals surface area contributed by atoms with E-state index in [1.807, 2.05) is 0 Å². The van der Waals surface area contributed by atoms with Crippen LogP contribution in [0.3, 0.4) is 0 Å². The number of nitrogens with two attached hydrogens (primary N) is 1. The Morgan fingerprint density at radius 2 is 0.640 bits per heavy atom. The van der Waals surface area contributed by atoms with Crippen LogP contribution >= 0.6 is 0 Å². The van der Waals surface area contributed by atoms with Gasteiger partial charge in [-0.15, -0.1) is 0 Å². The second-order valence-corrected chi connectivity index (χ2v) is 20.7. The number of aromatic hydroxyl groups is 4. The third-order valence-corrected chi connectivity index (χ3v) is 13.6. The fourth-order valence-electron chi connectivity index (χ4n) is 8.78. The smallest absolute Gasteiger partial charge is 0.326 e. The Morgan fingerprint density at radius 1 is 0.360 bits per heavy atom. The highest BCUT2D eigenvalue weighted by atomic mass is 16.4. The van der Waals surface area contributed by atoms with Crippen molar-refractivity contribution in [2.24, 2.45) is 5.73 Å². The number of aliphatic hydroxyl groups excluding tert-OH is 2. The van der Waals surface area contributed by atoms with Crippen molar-refractivity contribution in [3.8, 4) is 23.0 Å². The van der Waals surface area contributed by atoms with Gasteiger partial charge in [0.25, 0.3) is 0 Å². The molecule has 0 bridgehead atoms. The van der Waals surface area contributed by atoms with Crippen LogP contribution < -0.4 is 48.3 Å². The Morgan fingerprint density at radius 3 is 0.989 bits per heavy atom. The Bertz CT molecular complexity index is 3280. The molecule has 0 heterocycles. The molecule has 5 rings (SSSR count). The minimum Gasteiger partial charge on any atom is -0.508 e. The number of hydrogen-bond acceptors (Lipinski definition) is 18. The predicted octanol–water partition coefficient (Wildman–Crippen LogP) is -2.36. The Balaban J connectivity index is 1.36. The van der Waals surface area contributed by atoms with Gasteiger partial charge in [0.1, 0.15) is 71.3 Å². The Hall–Kier alpha value is -10.7. The van der Waals surface area contributed by atoms with Crippen molar-refractivity contribution in [3.63, 3.8) is 0 Å². The van der Waals surface area contributed by atoms with E-state index in [0.717, 1.165) is 6.92 Å². The average Bonchev–Trinajstić information content (AvgIpc) is 3.63. The molecule has 5 aromatic carbocycles. The van der Waals surface area contributed by atoms with Crippen molar-refractivity contribution in [2.45, 2.75) is 112 Å². The first kappa shape index (κ1) is 69.1. The highest BCUT2D eigenvalue weighted by Crippen LogP contribution is 2.17. The first-order chi connectivity index (χ1) is 42.2. The maximum atomic E-state index is 14.3. The van der Waals surface area contributed by atoms with Crippen molar-refractivity contribution >= 4 is 65.2 Å². The fourth-order valence-corrected chi connectivity index (χ4v) is 8.78. The van der Waals surface area contributed by atoms with Crippen LogP contribution in [0.4, 0.5) is 0 Å². The molecular formula is C60H69N9O20. The monoisotopic (exact) mass is 1240 g/mol. The number of phenols is 4. The summed E-state index contributed by atoms with van der Waals surface area (Å²) in [6.45, 7) is -0.123. The number of hydrogen-bond donors (Lipinski definition) is 18. The molecule has 0 aliphatic rings. The minimum atomic E-state index is -2.14. The minimum absolute atomic E-state index is 0.0530. The van der Waals surface area contributed by atoms with Crippen molar-refractivity contribution in [3.05, 3.63) is 155 Å². The normalized spacial score (nSPS) is 14.3. The molecule has 0 saturated heterocycles. The lowest BCUT2D eigenvalue weighted by molar-refractivity contribution is -0.143. The van der Waals surface area contributed by atoms with Gasteiger partial charge in [0.2, 0.25) is 47.3 Å². The molecular weight excluding hydrogens is 1170 g/mol. The van der Waals surface area contributed by atoms with E-state index in [-0.39, 0.29) is 54.2 Å². The number of carboxylic acids is 3. The van der Waals surface area contributed by atoms with Gasteiger partial charge >= 0.3 is 17.9 Å². The standard InChI is InChI=1S/C60H69N9O20/c1-31(71)51(59(87)67-47(60(88)89)27-36-13-21-40(75)22-14-36)69-57(85)44(24-32-5-3-2-4-6-32)64-58(86)48(30-70)68-56(84)46(29-50(78)79)66-54(82)43(26-35-11-19-39(74)20-12-35)63-55(83)45(28-49(76)77)65-53(81)42(25-34-9-17-38(73)18-10-34)62-52(80)41(61)23-33-7-15-37(72)16-8-33/h2-22,31,41-48,51,70-75H,23-30,61H2,1H3,(H,62,80)(H,63,83)(H,64,86)(H,65,81)(H,66,82)(H,67,87)(H,68,84)(H,69,85)(H,76,77)(H,78,79)(H,88,89)/t31-,41+,42+,43+,44+,45+,46+,47+,48+,51+/m1/s1. The third kappa shape index (κ3) is 22.6. The van der Waals surface area contributed by atoms with Gasteiger partial charge in [-0.3, -0.25) is 47.9 Å². The Labute approximate surface area is 507 Å². The van der Waals surface area contributed by atoms with Gasteiger partial charge < -0.3 is 94.2 Å². The van der Waals surface area contributed by atoms with Crippen LogP contribution in [0.25, 0.3) is 0 Å². The molecule has 89 heavy (non-hydrogen) atoms. The second-order valence-electron chi connectivity index (χ2n) is 20.7. The third-order valence-electron chi connectivity index (χ3n) is 13.6. The van der Waals surface area contributed by atoms with Crippen LogP contribution in [0.5, 0.6) is 23.0 Å². The molecule has 0 aromatic heterocycles. The summed E-state index contributed by atoms with van der Waals surface area (Å²) in [6, 6.07) is 13.4. The van der Waals surface area contributed by atoms with Gasteiger partial charge in [0.15, 0.2) is 0 Å². The summed E-state index contributed by atoms with van der Waals surface area (Å²) in [5.41, 5.74) is 8.10. The molecule has 0 spiro atoms. The molecule has 29 heteroatoms. The lowest BCUT2D eigenvalue weighted by Crippen LogP contribution is -2.62. The first-order valence-electron chi connectivity index (χ1n) is 27.5. The SMILES string of the molecule is C[C@@H](O)[C@H](NC(=O)[C@H](Cc1ccccc1)NC(=O)[C@H](CO)NC(=O)[C@H](CC(=O)O)NC(=O)[C@H](Cc1ccc(O)cc1)NC(=O)[C@H](CC(=O)O)NC(=O)[C@H](Cc1ccc(O)cc1)NC(=O)[C@@H](N)Cc1ccc(O)cc1)C(=O)N[C@@H](Cc1ccc(O)cc1)C(=O)O. The number of rotatable bonds is 33. The van der Waals surface area contributed by atoms with E-state index < -0.39 is 152 Å². The van der Waals surface area contributed by atoms with E-state index in [1.54, 1.807) is 30.3 Å². The lowest BCUT2D eigenvalue weighted by atomic mass is 10.0. The van der Waals surface area contributed by atoms with Crippen LogP contribution in [0.2, 0.25) is 0 Å². The summed E-state index contributed by atoms with van der Waals surface area (Å²) in [7, 11) is 0. The molecule has 0 aliphatic carbocycles. The van der Waals surface area contributed by atoms with Crippen molar-refractivity contribution in [1.29, 1.82) is 0 Å². The van der Waals surface area contributed by atoms with E-state index in [4.69, 9.17) is 5.73 Å². The van der Waals surface area contributed by atoms with Gasteiger partial charge in [0.05, 0.1) is 31.6 Å². The quantitative estimate of drug-likeness (QED) is 0.0209. The number of aliphatic carboxylic acids is 3. The molecule has 0 aliphatic heterocycles. The molecule has 8 amide bonds. The molecule has 0 unspecified atom stereocenters. The highest BCUT2D eigenvalue weighted by molar-refractivity contribution is 5.99. The number of carboxylic acid groups (broad SMARTS) is 3. The van der Waals surface area contributed by atoms with Crippen molar-refractivity contribution < 1.29 is 98.7 Å². The van der Waals surface area contributed by atoms with Crippen LogP contribution in [0.15, 0.2) is 127 Å². The van der Waals surface area contributed by atoms with E-state index >= 15 is 0 Å². The molecule has 10 atom stereocenters. The van der Waals surface area contributed by atoms with E-state index in [1.165, 1.54) is 97.1 Å². The number of amides is 8. The van der Waals surface area contributed by atoms with E-state index in [2.05, 4.69) is 42.5 Å². The molecule has 19 N–H and O–H groups in total. The van der Waals surface area contributed by atoms with Crippen molar-refractivity contribution in [2.75, 3.05) is 6.61 Å². The molecule has 29 nitrogen and oxygen atoms in total. The molecule has 474 valence electrons. The summed E-state index contributed by atoms with van der Waals surface area (Å²) >= 11 is 0. The molecule has 0 radical (unpaired) electrons. The zero-order chi connectivity index (χ0) is 65.5. The topological polar surface area (TPSA) is 492 Å². The van der Waals surface area contributed by atoms with Crippen LogP contribution in [-0.2, 0) is 84.8 Å². The maximum absolute atomic E-state index is 14.3. The number of benzene rings is 5. The maximum Gasteiger partial charge on any atom is 0.326 e. The zero-order valence-corrected chi connectivity index (χ0v) is 47.6. The number of phenolic OH excluding ortho intramolecular Hbond substituents is 4. The summed E-state index contributed by atoms with van der Waals surface area (Å²) in [6.07, 6.45) is -5.56. The number of nitrogens with one attached hydrogen (secondary N) is 8. The number of carbonyl (C=O) groups excluding carboxylic acids is 8. The fraction of sp³-hybridized carbons (Fsp3) is 0.317. The zero-order valence-electron chi connectivity index (χ0n) is 47.6. The van der Waals surface area contributed by atoms with Crippen LogP contribution in [-0.4, -0.2) is 178 Å². The summed E-state index contributed by atoms with van der Waals surface area (Å²) in [5, 5.41) is 108. The highest BCUT2D eigenvalue weighted by Gasteiger charge is 2.37. The van der Waals surface area contributed by atoms with Crippen LogP contribution in [0, 0.1) is 0 Å². The van der Waals surface area contributed by atoms with Gasteiger partial charge in [-0.1, -0.05) is 78.9 Å². The summed E-state index contributed by atoms with van der Waals surface area (Å²) in [4.78, 5) is 148. The van der Waals surface area contributed by atoms with Crippen molar-refractivity contribution in [1.82, 2.24) is 42.5 Å². The van der Waals surface area contributed by atoms with Gasteiger partial charge in [0, 0.05) is 25.7 Å². The van der Waals surface area contributed by atoms with Gasteiger partial charge in [-0.05, 0) is 89.7 Å². The van der Waals surface area contributed by atoms with Gasteiger partial charge in [-0.2, -0.15) is 0 Å². The average molecular weight is 1240 g/mol. The number of aliphatic hydroxyl groups is 2. The second kappa shape index (κ2) is 33.3.